The highest BCUT2D eigenvalue weighted by atomic mass is 16.4. The van der Waals surface area contributed by atoms with Crippen molar-refractivity contribution in [2.24, 2.45) is 5.73 Å². The molecule has 100 valence electrons. The zero-order valence-electron chi connectivity index (χ0n) is 10.3. The molecule has 0 spiro atoms. The van der Waals surface area contributed by atoms with Crippen molar-refractivity contribution in [2.75, 3.05) is 0 Å². The maximum atomic E-state index is 11.5. The van der Waals surface area contributed by atoms with E-state index in [1.54, 1.807) is 12.3 Å². The number of carboxylic acids is 1. The minimum absolute atomic E-state index is 0.0546. The number of aliphatic carboxylic acids is 1. The number of fused-ring (bicyclic) bond motifs is 1. The SMILES string of the molecule is CC(=O)n1cc(C[C@H](N)C(=O)O)c2cc(O)ccc21. The zero-order valence-corrected chi connectivity index (χ0v) is 10.3. The molecule has 4 N–H and O–H groups in total. The molecule has 2 aromatic rings. The Labute approximate surface area is 109 Å². The number of benzene rings is 1. The van der Waals surface area contributed by atoms with E-state index in [0.29, 0.717) is 16.5 Å². The first-order valence-electron chi connectivity index (χ1n) is 5.72. The Morgan fingerprint density at radius 1 is 1.42 bits per heavy atom. The number of carboxylic acid groups (broad SMARTS) is 1. The summed E-state index contributed by atoms with van der Waals surface area (Å²) in [6, 6.07) is 3.54. The van der Waals surface area contributed by atoms with E-state index in [1.807, 2.05) is 0 Å². The quantitative estimate of drug-likeness (QED) is 0.764. The lowest BCUT2D eigenvalue weighted by Crippen LogP contribution is -2.32. The van der Waals surface area contributed by atoms with Gasteiger partial charge in [-0.15, -0.1) is 0 Å². The summed E-state index contributed by atoms with van der Waals surface area (Å²) in [5.41, 5.74) is 6.75. The van der Waals surface area contributed by atoms with Gasteiger partial charge in [-0.3, -0.25) is 14.2 Å². The summed E-state index contributed by atoms with van der Waals surface area (Å²) in [6.07, 6.45) is 1.66. The lowest BCUT2D eigenvalue weighted by Gasteiger charge is -2.04. The Balaban J connectivity index is 2.57. The van der Waals surface area contributed by atoms with Gasteiger partial charge in [0.15, 0.2) is 0 Å². The predicted molar refractivity (Wildman–Crippen MR) is 69.2 cm³/mol. The second-order valence-electron chi connectivity index (χ2n) is 4.39. The summed E-state index contributed by atoms with van der Waals surface area (Å²) in [5, 5.41) is 19.0. The smallest absolute Gasteiger partial charge is 0.320 e. The van der Waals surface area contributed by atoms with E-state index < -0.39 is 12.0 Å². The largest absolute Gasteiger partial charge is 0.508 e. The van der Waals surface area contributed by atoms with E-state index in [1.165, 1.54) is 23.6 Å². The molecule has 6 nitrogen and oxygen atoms in total. The zero-order chi connectivity index (χ0) is 14.2. The third-order valence-electron chi connectivity index (χ3n) is 2.97. The second kappa shape index (κ2) is 4.74. The van der Waals surface area contributed by atoms with Gasteiger partial charge >= 0.3 is 5.97 Å². The van der Waals surface area contributed by atoms with Crippen LogP contribution in [0.1, 0.15) is 17.3 Å². The van der Waals surface area contributed by atoms with Crippen molar-refractivity contribution in [2.45, 2.75) is 19.4 Å². The molecule has 2 rings (SSSR count). The van der Waals surface area contributed by atoms with Crippen LogP contribution < -0.4 is 5.73 Å². The summed E-state index contributed by atoms with van der Waals surface area (Å²) < 4.78 is 1.42. The van der Waals surface area contributed by atoms with Gasteiger partial charge < -0.3 is 15.9 Å². The Morgan fingerprint density at radius 3 is 2.68 bits per heavy atom. The van der Waals surface area contributed by atoms with Gasteiger partial charge in [0.1, 0.15) is 11.8 Å². The van der Waals surface area contributed by atoms with Crippen LogP contribution in [0.5, 0.6) is 5.75 Å². The number of phenolic OH excluding ortho intramolecular Hbond substituents is 1. The molecule has 0 saturated carbocycles. The van der Waals surface area contributed by atoms with E-state index in [4.69, 9.17) is 10.8 Å². The molecule has 6 heteroatoms. The molecule has 0 fully saturated rings. The molecule has 19 heavy (non-hydrogen) atoms. The van der Waals surface area contributed by atoms with E-state index in [0.717, 1.165) is 0 Å². The van der Waals surface area contributed by atoms with Crippen molar-refractivity contribution in [3.8, 4) is 5.75 Å². The highest BCUT2D eigenvalue weighted by Crippen LogP contribution is 2.26. The number of rotatable bonds is 3. The molecular weight excluding hydrogens is 248 g/mol. The van der Waals surface area contributed by atoms with Crippen molar-refractivity contribution in [3.05, 3.63) is 30.0 Å². The first-order chi connectivity index (χ1) is 8.90. The fourth-order valence-electron chi connectivity index (χ4n) is 2.03. The number of hydrogen-bond donors (Lipinski definition) is 3. The topological polar surface area (TPSA) is 106 Å². The Morgan fingerprint density at radius 2 is 2.11 bits per heavy atom. The second-order valence-corrected chi connectivity index (χ2v) is 4.39. The van der Waals surface area contributed by atoms with Crippen LogP contribution >= 0.6 is 0 Å². The van der Waals surface area contributed by atoms with Crippen LogP contribution in [0.4, 0.5) is 0 Å². The van der Waals surface area contributed by atoms with Crippen molar-refractivity contribution in [1.82, 2.24) is 4.57 Å². The molecule has 0 bridgehead atoms. The van der Waals surface area contributed by atoms with Crippen molar-refractivity contribution in [3.63, 3.8) is 0 Å². The van der Waals surface area contributed by atoms with Gasteiger partial charge in [0.25, 0.3) is 0 Å². The van der Waals surface area contributed by atoms with Gasteiger partial charge in [0.05, 0.1) is 5.52 Å². The summed E-state index contributed by atoms with van der Waals surface area (Å²) >= 11 is 0. The van der Waals surface area contributed by atoms with E-state index in [2.05, 4.69) is 0 Å². The normalized spacial score (nSPS) is 12.5. The summed E-state index contributed by atoms with van der Waals surface area (Å²) in [4.78, 5) is 22.3. The maximum Gasteiger partial charge on any atom is 0.320 e. The number of nitrogens with zero attached hydrogens (tertiary/aromatic N) is 1. The number of carbonyl (C=O) groups is 2. The molecule has 0 amide bonds. The van der Waals surface area contributed by atoms with Crippen LogP contribution in [-0.4, -0.2) is 32.7 Å². The number of nitrogens with two attached hydrogens (primary N) is 1. The molecule has 0 aliphatic rings. The molecule has 0 saturated heterocycles. The van der Waals surface area contributed by atoms with Gasteiger partial charge in [0.2, 0.25) is 5.91 Å². The molecule has 0 aliphatic heterocycles. The lowest BCUT2D eigenvalue weighted by atomic mass is 10.1. The predicted octanol–water partition coefficient (Wildman–Crippen LogP) is 0.961. The van der Waals surface area contributed by atoms with Gasteiger partial charge in [-0.25, -0.2) is 0 Å². The van der Waals surface area contributed by atoms with Crippen molar-refractivity contribution < 1.29 is 19.8 Å². The van der Waals surface area contributed by atoms with Crippen molar-refractivity contribution >= 4 is 22.8 Å². The fraction of sp³-hybridized carbons (Fsp3) is 0.231. The lowest BCUT2D eigenvalue weighted by molar-refractivity contribution is -0.138. The molecule has 0 aliphatic carbocycles. The Bertz CT molecular complexity index is 660. The highest BCUT2D eigenvalue weighted by molar-refractivity contribution is 5.94. The number of aromatic hydroxyl groups is 1. The Hall–Kier alpha value is -2.34. The number of phenols is 1. The van der Waals surface area contributed by atoms with Gasteiger partial charge in [-0.2, -0.15) is 0 Å². The van der Waals surface area contributed by atoms with Crippen LogP contribution in [0.3, 0.4) is 0 Å². The van der Waals surface area contributed by atoms with Crippen LogP contribution in [0, 0.1) is 0 Å². The van der Waals surface area contributed by atoms with Crippen LogP contribution in [0.25, 0.3) is 10.9 Å². The molecular formula is C13H14N2O4. The summed E-state index contributed by atoms with van der Waals surface area (Å²) in [6.45, 7) is 1.41. The maximum absolute atomic E-state index is 11.5. The van der Waals surface area contributed by atoms with E-state index >= 15 is 0 Å². The van der Waals surface area contributed by atoms with Gasteiger partial charge in [-0.1, -0.05) is 0 Å². The average Bonchev–Trinajstić information content (AvgIpc) is 2.67. The molecule has 1 atom stereocenters. The van der Waals surface area contributed by atoms with E-state index in [9.17, 15) is 14.7 Å². The first kappa shape index (κ1) is 13.1. The minimum Gasteiger partial charge on any atom is -0.508 e. The third-order valence-corrected chi connectivity index (χ3v) is 2.97. The molecule has 1 heterocycles. The first-order valence-corrected chi connectivity index (χ1v) is 5.72. The molecule has 0 radical (unpaired) electrons. The standard InChI is InChI=1S/C13H14N2O4/c1-7(16)15-6-8(4-11(14)13(18)19)10-5-9(17)2-3-12(10)15/h2-3,5-6,11,17H,4,14H2,1H3,(H,18,19)/t11-/m0/s1. The van der Waals surface area contributed by atoms with Crippen LogP contribution in [0.2, 0.25) is 0 Å². The number of hydrogen-bond acceptors (Lipinski definition) is 4. The monoisotopic (exact) mass is 262 g/mol. The molecule has 1 aromatic carbocycles. The fourth-order valence-corrected chi connectivity index (χ4v) is 2.03. The molecule has 1 aromatic heterocycles. The van der Waals surface area contributed by atoms with Crippen molar-refractivity contribution in [1.29, 1.82) is 0 Å². The minimum atomic E-state index is -1.11. The Kier molecular flexibility index (Phi) is 3.26. The number of carbonyl (C=O) groups excluding carboxylic acids is 1. The van der Waals surface area contributed by atoms with Gasteiger partial charge in [-0.05, 0) is 23.8 Å². The van der Waals surface area contributed by atoms with Gasteiger partial charge in [0, 0.05) is 24.9 Å². The van der Waals surface area contributed by atoms with Crippen LogP contribution in [0.15, 0.2) is 24.4 Å². The third kappa shape index (κ3) is 2.43. The van der Waals surface area contributed by atoms with Crippen LogP contribution in [-0.2, 0) is 11.2 Å². The summed E-state index contributed by atoms with van der Waals surface area (Å²) in [7, 11) is 0. The van der Waals surface area contributed by atoms with E-state index in [-0.39, 0.29) is 18.1 Å². The highest BCUT2D eigenvalue weighted by Gasteiger charge is 2.17. The summed E-state index contributed by atoms with van der Waals surface area (Å²) in [5.74, 6) is -1.24. The average molecular weight is 262 g/mol. The number of aromatic nitrogens is 1. The molecule has 0 unspecified atom stereocenters.